The normalized spacial score (nSPS) is 10.6. The van der Waals surface area contributed by atoms with E-state index in [-0.39, 0.29) is 18.6 Å². The van der Waals surface area contributed by atoms with Crippen molar-refractivity contribution in [3.05, 3.63) is 18.3 Å². The zero-order valence-electron chi connectivity index (χ0n) is 12.1. The van der Waals surface area contributed by atoms with Crippen molar-refractivity contribution in [2.75, 3.05) is 29.9 Å². The van der Waals surface area contributed by atoms with Crippen molar-refractivity contribution in [3.8, 4) is 0 Å². The summed E-state index contributed by atoms with van der Waals surface area (Å²) in [5.74, 6) is 0.757. The number of ether oxygens (including phenoxy) is 1. The average Bonchev–Trinajstić information content (AvgIpc) is 2.40. The largest absolute Gasteiger partial charge is 0.369 e. The molecule has 0 radical (unpaired) electrons. The van der Waals surface area contributed by atoms with Crippen LogP contribution in [0.4, 0.5) is 11.5 Å². The quantitative estimate of drug-likeness (QED) is 0.822. The minimum atomic E-state index is -0.161. The van der Waals surface area contributed by atoms with Gasteiger partial charge in [-0.15, -0.1) is 0 Å². The molecule has 0 aliphatic heterocycles. The van der Waals surface area contributed by atoms with E-state index in [0.717, 1.165) is 18.9 Å². The van der Waals surface area contributed by atoms with E-state index in [1.54, 1.807) is 6.20 Å². The second-order valence-electron chi connectivity index (χ2n) is 4.49. The van der Waals surface area contributed by atoms with Gasteiger partial charge in [0.2, 0.25) is 5.91 Å². The van der Waals surface area contributed by atoms with Gasteiger partial charge < -0.3 is 15.0 Å². The predicted molar refractivity (Wildman–Crippen MR) is 77.5 cm³/mol. The fourth-order valence-corrected chi connectivity index (χ4v) is 1.63. The van der Waals surface area contributed by atoms with Crippen LogP contribution in [0.2, 0.25) is 0 Å². The SMILES string of the molecule is CCN(CC)c1ccc(NC(=O)COC(C)C)cn1. The van der Waals surface area contributed by atoms with Crippen molar-refractivity contribution in [1.29, 1.82) is 0 Å². The summed E-state index contributed by atoms with van der Waals surface area (Å²) in [5.41, 5.74) is 0.688. The summed E-state index contributed by atoms with van der Waals surface area (Å²) in [7, 11) is 0. The van der Waals surface area contributed by atoms with Crippen LogP contribution in [-0.4, -0.2) is 36.7 Å². The fraction of sp³-hybridized carbons (Fsp3) is 0.571. The Morgan fingerprint density at radius 2 is 2.05 bits per heavy atom. The highest BCUT2D eigenvalue weighted by Gasteiger charge is 2.06. The third-order valence-corrected chi connectivity index (χ3v) is 2.67. The van der Waals surface area contributed by atoms with Gasteiger partial charge in [-0.3, -0.25) is 4.79 Å². The van der Waals surface area contributed by atoms with Crippen molar-refractivity contribution in [2.24, 2.45) is 0 Å². The fourth-order valence-electron chi connectivity index (χ4n) is 1.63. The Hall–Kier alpha value is -1.62. The molecule has 0 aliphatic rings. The third kappa shape index (κ3) is 5.26. The maximum absolute atomic E-state index is 11.6. The minimum Gasteiger partial charge on any atom is -0.369 e. The first-order valence-corrected chi connectivity index (χ1v) is 6.69. The Balaban J connectivity index is 2.54. The highest BCUT2D eigenvalue weighted by molar-refractivity contribution is 5.91. The van der Waals surface area contributed by atoms with Gasteiger partial charge in [0.15, 0.2) is 0 Å². The number of carbonyl (C=O) groups excluding carboxylic acids is 1. The molecule has 106 valence electrons. The first-order chi connectivity index (χ1) is 9.06. The van der Waals surface area contributed by atoms with Crippen molar-refractivity contribution >= 4 is 17.4 Å². The van der Waals surface area contributed by atoms with Crippen molar-refractivity contribution in [1.82, 2.24) is 4.98 Å². The van der Waals surface area contributed by atoms with Crippen LogP contribution < -0.4 is 10.2 Å². The molecule has 0 unspecified atom stereocenters. The Kier molecular flexibility index (Phi) is 6.29. The zero-order valence-corrected chi connectivity index (χ0v) is 12.1. The highest BCUT2D eigenvalue weighted by Crippen LogP contribution is 2.13. The number of amides is 1. The molecule has 0 aliphatic carbocycles. The zero-order chi connectivity index (χ0) is 14.3. The van der Waals surface area contributed by atoms with Crippen LogP contribution in [0.15, 0.2) is 18.3 Å². The summed E-state index contributed by atoms with van der Waals surface area (Å²) < 4.78 is 5.23. The van der Waals surface area contributed by atoms with E-state index in [1.165, 1.54) is 0 Å². The Morgan fingerprint density at radius 1 is 1.37 bits per heavy atom. The molecule has 1 aromatic rings. The van der Waals surface area contributed by atoms with Crippen LogP contribution in [0.3, 0.4) is 0 Å². The van der Waals surface area contributed by atoms with Crippen molar-refractivity contribution < 1.29 is 9.53 Å². The van der Waals surface area contributed by atoms with E-state index in [1.807, 2.05) is 26.0 Å². The van der Waals surface area contributed by atoms with Gasteiger partial charge in [-0.25, -0.2) is 4.98 Å². The van der Waals surface area contributed by atoms with Gasteiger partial charge >= 0.3 is 0 Å². The summed E-state index contributed by atoms with van der Waals surface area (Å²) in [6.07, 6.45) is 1.72. The number of anilines is 2. The topological polar surface area (TPSA) is 54.5 Å². The molecule has 5 nitrogen and oxygen atoms in total. The lowest BCUT2D eigenvalue weighted by molar-refractivity contribution is -0.121. The monoisotopic (exact) mass is 265 g/mol. The van der Waals surface area contributed by atoms with Gasteiger partial charge in [0.05, 0.1) is 18.0 Å². The van der Waals surface area contributed by atoms with Crippen LogP contribution in [0.1, 0.15) is 27.7 Å². The standard InChI is InChI=1S/C14H23N3O2/c1-5-17(6-2)13-8-7-12(9-15-13)16-14(18)10-19-11(3)4/h7-9,11H,5-6,10H2,1-4H3,(H,16,18). The molecule has 1 N–H and O–H groups in total. The molecule has 0 fully saturated rings. The molecule has 1 rings (SSSR count). The Labute approximate surface area is 115 Å². The van der Waals surface area contributed by atoms with Crippen molar-refractivity contribution in [3.63, 3.8) is 0 Å². The molecule has 19 heavy (non-hydrogen) atoms. The number of hydrogen-bond acceptors (Lipinski definition) is 4. The lowest BCUT2D eigenvalue weighted by Crippen LogP contribution is -2.23. The summed E-state index contributed by atoms with van der Waals surface area (Å²) in [6.45, 7) is 9.86. The summed E-state index contributed by atoms with van der Waals surface area (Å²) in [6, 6.07) is 3.76. The van der Waals surface area contributed by atoms with Gasteiger partial charge in [0.25, 0.3) is 0 Å². The molecule has 5 heteroatoms. The van der Waals surface area contributed by atoms with Crippen molar-refractivity contribution in [2.45, 2.75) is 33.8 Å². The molecule has 0 atom stereocenters. The predicted octanol–water partition coefficient (Wildman–Crippen LogP) is 2.29. The van der Waals surface area contributed by atoms with Crippen LogP contribution in [0, 0.1) is 0 Å². The molecule has 0 saturated carbocycles. The number of aromatic nitrogens is 1. The van der Waals surface area contributed by atoms with E-state index < -0.39 is 0 Å². The first-order valence-electron chi connectivity index (χ1n) is 6.69. The van der Waals surface area contributed by atoms with Gasteiger partial charge in [-0.1, -0.05) is 0 Å². The van der Waals surface area contributed by atoms with Gasteiger partial charge in [0, 0.05) is 13.1 Å². The van der Waals surface area contributed by atoms with Gasteiger partial charge in [0.1, 0.15) is 12.4 Å². The number of carbonyl (C=O) groups is 1. The molecular weight excluding hydrogens is 242 g/mol. The van der Waals surface area contributed by atoms with Gasteiger partial charge in [-0.05, 0) is 39.8 Å². The van der Waals surface area contributed by atoms with Crippen LogP contribution >= 0.6 is 0 Å². The Morgan fingerprint density at radius 3 is 2.53 bits per heavy atom. The summed E-state index contributed by atoms with van der Waals surface area (Å²) >= 11 is 0. The molecule has 0 saturated heterocycles. The van der Waals surface area contributed by atoms with Crippen LogP contribution in [-0.2, 0) is 9.53 Å². The molecule has 1 amide bonds. The average molecular weight is 265 g/mol. The van der Waals surface area contributed by atoms with Crippen LogP contribution in [0.25, 0.3) is 0 Å². The van der Waals surface area contributed by atoms with E-state index in [2.05, 4.69) is 29.0 Å². The molecule has 0 aromatic carbocycles. The molecule has 1 heterocycles. The lowest BCUT2D eigenvalue weighted by Gasteiger charge is -2.19. The maximum Gasteiger partial charge on any atom is 0.250 e. The lowest BCUT2D eigenvalue weighted by atomic mass is 10.3. The Bertz CT molecular complexity index is 386. The number of hydrogen-bond donors (Lipinski definition) is 1. The highest BCUT2D eigenvalue weighted by atomic mass is 16.5. The molecular formula is C14H23N3O2. The van der Waals surface area contributed by atoms with E-state index in [0.29, 0.717) is 5.69 Å². The summed E-state index contributed by atoms with van der Waals surface area (Å²) in [5, 5.41) is 2.75. The molecule has 0 spiro atoms. The second-order valence-corrected chi connectivity index (χ2v) is 4.49. The number of rotatable bonds is 7. The van der Waals surface area contributed by atoms with E-state index >= 15 is 0 Å². The number of nitrogens with one attached hydrogen (secondary N) is 1. The van der Waals surface area contributed by atoms with Gasteiger partial charge in [-0.2, -0.15) is 0 Å². The second kappa shape index (κ2) is 7.74. The molecule has 1 aromatic heterocycles. The number of nitrogens with zero attached hydrogens (tertiary/aromatic N) is 2. The van der Waals surface area contributed by atoms with Crippen LogP contribution in [0.5, 0.6) is 0 Å². The number of pyridine rings is 1. The smallest absolute Gasteiger partial charge is 0.250 e. The first kappa shape index (κ1) is 15.4. The maximum atomic E-state index is 11.6. The van der Waals surface area contributed by atoms with E-state index in [9.17, 15) is 4.79 Å². The minimum absolute atomic E-state index is 0.0499. The molecule has 0 bridgehead atoms. The summed E-state index contributed by atoms with van der Waals surface area (Å²) in [4.78, 5) is 18.1. The van der Waals surface area contributed by atoms with E-state index in [4.69, 9.17) is 4.74 Å². The third-order valence-electron chi connectivity index (χ3n) is 2.67.